The molecule has 0 amide bonds. The van der Waals surface area contributed by atoms with Crippen LogP contribution >= 0.6 is 0 Å². The molecule has 0 saturated carbocycles. The summed E-state index contributed by atoms with van der Waals surface area (Å²) in [6, 6.07) is 4.44. The molecule has 0 atom stereocenters. The Morgan fingerprint density at radius 1 is 1.15 bits per heavy atom. The minimum atomic E-state index is 1.11. The Labute approximate surface area is 81.2 Å². The van der Waals surface area contributed by atoms with E-state index in [0.29, 0.717) is 0 Å². The van der Waals surface area contributed by atoms with Gasteiger partial charge in [0, 0.05) is 12.7 Å². The van der Waals surface area contributed by atoms with Crippen LogP contribution in [0, 0.1) is 6.92 Å². The van der Waals surface area contributed by atoms with Crippen LogP contribution in [0.3, 0.4) is 0 Å². The van der Waals surface area contributed by atoms with Gasteiger partial charge in [0.05, 0.1) is 0 Å². The lowest BCUT2D eigenvalue weighted by Gasteiger charge is -2.14. The lowest BCUT2D eigenvalue weighted by molar-refractivity contribution is 1.03. The first-order chi connectivity index (χ1) is 6.24. The highest BCUT2D eigenvalue weighted by atomic mass is 14.8. The summed E-state index contributed by atoms with van der Waals surface area (Å²) in [7, 11) is 2.00. The van der Waals surface area contributed by atoms with E-state index in [4.69, 9.17) is 0 Å². The number of rotatable bonds is 3. The molecule has 0 heterocycles. The van der Waals surface area contributed by atoms with Crippen molar-refractivity contribution < 1.29 is 0 Å². The third-order valence-electron chi connectivity index (χ3n) is 2.60. The molecule has 1 aromatic rings. The van der Waals surface area contributed by atoms with Crippen LogP contribution in [0.5, 0.6) is 0 Å². The molecule has 72 valence electrons. The van der Waals surface area contributed by atoms with Crippen LogP contribution in [0.25, 0.3) is 0 Å². The molecule has 0 aromatic heterocycles. The number of benzene rings is 1. The fraction of sp³-hybridized carbons (Fsp3) is 0.500. The fourth-order valence-corrected chi connectivity index (χ4v) is 1.89. The van der Waals surface area contributed by atoms with Gasteiger partial charge in [0.15, 0.2) is 0 Å². The number of aryl methyl sites for hydroxylation is 2. The fourth-order valence-electron chi connectivity index (χ4n) is 1.89. The molecule has 1 rings (SSSR count). The molecule has 1 nitrogen and oxygen atoms in total. The number of nitrogens with one attached hydrogen (secondary N) is 1. The quantitative estimate of drug-likeness (QED) is 0.747. The van der Waals surface area contributed by atoms with E-state index in [-0.39, 0.29) is 0 Å². The van der Waals surface area contributed by atoms with Gasteiger partial charge in [0.1, 0.15) is 0 Å². The van der Waals surface area contributed by atoms with Crippen LogP contribution in [0.15, 0.2) is 12.1 Å². The Balaban J connectivity index is 3.27. The van der Waals surface area contributed by atoms with Gasteiger partial charge >= 0.3 is 0 Å². The zero-order valence-electron chi connectivity index (χ0n) is 9.07. The van der Waals surface area contributed by atoms with Gasteiger partial charge in [-0.15, -0.1) is 0 Å². The summed E-state index contributed by atoms with van der Waals surface area (Å²) in [4.78, 5) is 0. The lowest BCUT2D eigenvalue weighted by atomic mass is 9.98. The summed E-state index contributed by atoms with van der Waals surface area (Å²) < 4.78 is 0. The number of anilines is 1. The maximum atomic E-state index is 3.29. The maximum absolute atomic E-state index is 3.29. The van der Waals surface area contributed by atoms with Gasteiger partial charge in [-0.1, -0.05) is 26.0 Å². The van der Waals surface area contributed by atoms with Gasteiger partial charge in [-0.25, -0.2) is 0 Å². The Kier molecular flexibility index (Phi) is 3.35. The van der Waals surface area contributed by atoms with E-state index < -0.39 is 0 Å². The highest BCUT2D eigenvalue weighted by Crippen LogP contribution is 2.24. The molecule has 0 aliphatic heterocycles. The SMILES string of the molecule is CCc1ccc(C)c(NC)c1CC. The summed E-state index contributed by atoms with van der Waals surface area (Å²) in [5.41, 5.74) is 5.61. The largest absolute Gasteiger partial charge is 0.388 e. The standard InChI is InChI=1S/C12H19N/c1-5-10-8-7-9(3)12(13-4)11(10)6-2/h7-8,13H,5-6H2,1-4H3. The summed E-state index contributed by atoms with van der Waals surface area (Å²) >= 11 is 0. The molecule has 0 radical (unpaired) electrons. The zero-order valence-corrected chi connectivity index (χ0v) is 9.07. The van der Waals surface area contributed by atoms with Crippen molar-refractivity contribution in [1.82, 2.24) is 0 Å². The monoisotopic (exact) mass is 177 g/mol. The van der Waals surface area contributed by atoms with Crippen LogP contribution in [0.1, 0.15) is 30.5 Å². The Hall–Kier alpha value is -0.980. The second-order valence-corrected chi connectivity index (χ2v) is 3.35. The van der Waals surface area contributed by atoms with E-state index in [1.54, 1.807) is 0 Å². The molecule has 0 aliphatic carbocycles. The molecule has 0 spiro atoms. The van der Waals surface area contributed by atoms with Crippen molar-refractivity contribution in [2.24, 2.45) is 0 Å². The number of hydrogen-bond donors (Lipinski definition) is 1. The van der Waals surface area contributed by atoms with E-state index in [1.807, 2.05) is 7.05 Å². The Morgan fingerprint density at radius 3 is 2.31 bits per heavy atom. The molecule has 1 aromatic carbocycles. The molecular formula is C12H19N. The molecule has 0 saturated heterocycles. The first-order valence-corrected chi connectivity index (χ1v) is 5.03. The van der Waals surface area contributed by atoms with Crippen molar-refractivity contribution in [3.05, 3.63) is 28.8 Å². The predicted octanol–water partition coefficient (Wildman–Crippen LogP) is 3.16. The van der Waals surface area contributed by atoms with Crippen LogP contribution < -0.4 is 5.32 Å². The van der Waals surface area contributed by atoms with Gasteiger partial charge in [0.25, 0.3) is 0 Å². The van der Waals surface area contributed by atoms with E-state index in [2.05, 4.69) is 38.2 Å². The summed E-state index contributed by atoms with van der Waals surface area (Å²) in [6.07, 6.45) is 2.24. The van der Waals surface area contributed by atoms with Crippen molar-refractivity contribution in [1.29, 1.82) is 0 Å². The number of hydrogen-bond acceptors (Lipinski definition) is 1. The van der Waals surface area contributed by atoms with Crippen LogP contribution in [-0.4, -0.2) is 7.05 Å². The van der Waals surface area contributed by atoms with E-state index in [9.17, 15) is 0 Å². The highest BCUT2D eigenvalue weighted by molar-refractivity contribution is 5.59. The van der Waals surface area contributed by atoms with Crippen molar-refractivity contribution in [3.8, 4) is 0 Å². The van der Waals surface area contributed by atoms with Crippen LogP contribution in [0.2, 0.25) is 0 Å². The molecule has 0 unspecified atom stereocenters. The van der Waals surface area contributed by atoms with E-state index in [0.717, 1.165) is 12.8 Å². The second-order valence-electron chi connectivity index (χ2n) is 3.35. The van der Waals surface area contributed by atoms with E-state index in [1.165, 1.54) is 22.4 Å². The van der Waals surface area contributed by atoms with Crippen molar-refractivity contribution in [2.75, 3.05) is 12.4 Å². The second kappa shape index (κ2) is 4.31. The zero-order chi connectivity index (χ0) is 9.84. The summed E-state index contributed by atoms with van der Waals surface area (Å²) in [5, 5.41) is 3.29. The molecule has 0 aliphatic rings. The summed E-state index contributed by atoms with van der Waals surface area (Å²) in [5.74, 6) is 0. The van der Waals surface area contributed by atoms with E-state index >= 15 is 0 Å². The predicted molar refractivity (Wildman–Crippen MR) is 59.5 cm³/mol. The van der Waals surface area contributed by atoms with Crippen molar-refractivity contribution >= 4 is 5.69 Å². The smallest absolute Gasteiger partial charge is 0.0402 e. The average Bonchev–Trinajstić information content (AvgIpc) is 2.17. The van der Waals surface area contributed by atoms with Crippen molar-refractivity contribution in [3.63, 3.8) is 0 Å². The van der Waals surface area contributed by atoms with Crippen LogP contribution in [0.4, 0.5) is 5.69 Å². The molecule has 0 bridgehead atoms. The minimum absolute atomic E-state index is 1.11. The highest BCUT2D eigenvalue weighted by Gasteiger charge is 2.06. The third-order valence-corrected chi connectivity index (χ3v) is 2.60. The Bertz CT molecular complexity index is 289. The minimum Gasteiger partial charge on any atom is -0.388 e. The molecule has 13 heavy (non-hydrogen) atoms. The maximum Gasteiger partial charge on any atom is 0.0402 e. The van der Waals surface area contributed by atoms with Gasteiger partial charge < -0.3 is 5.32 Å². The average molecular weight is 177 g/mol. The normalized spacial score (nSPS) is 10.2. The summed E-state index contributed by atoms with van der Waals surface area (Å²) in [6.45, 7) is 6.59. The molecule has 1 heteroatoms. The topological polar surface area (TPSA) is 12.0 Å². The lowest BCUT2D eigenvalue weighted by Crippen LogP contribution is -2.01. The van der Waals surface area contributed by atoms with Gasteiger partial charge in [-0.2, -0.15) is 0 Å². The Morgan fingerprint density at radius 2 is 1.85 bits per heavy atom. The van der Waals surface area contributed by atoms with Gasteiger partial charge in [0.2, 0.25) is 0 Å². The third kappa shape index (κ3) is 1.85. The first-order valence-electron chi connectivity index (χ1n) is 5.03. The van der Waals surface area contributed by atoms with Gasteiger partial charge in [-0.3, -0.25) is 0 Å². The van der Waals surface area contributed by atoms with Crippen LogP contribution in [-0.2, 0) is 12.8 Å². The van der Waals surface area contributed by atoms with Gasteiger partial charge in [-0.05, 0) is 36.5 Å². The van der Waals surface area contributed by atoms with Crippen molar-refractivity contribution in [2.45, 2.75) is 33.6 Å². The first kappa shape index (κ1) is 10.1. The molecular weight excluding hydrogens is 158 g/mol. The molecule has 0 fully saturated rings. The molecule has 1 N–H and O–H groups in total.